The first-order chi connectivity index (χ1) is 10.7. The van der Waals surface area contributed by atoms with Gasteiger partial charge in [-0.15, -0.1) is 11.3 Å². The quantitative estimate of drug-likeness (QED) is 0.707. The molecule has 0 aliphatic rings. The molecule has 0 bridgehead atoms. The van der Waals surface area contributed by atoms with Crippen molar-refractivity contribution in [2.24, 2.45) is 0 Å². The summed E-state index contributed by atoms with van der Waals surface area (Å²) in [5, 5.41) is 0.922. The van der Waals surface area contributed by atoms with Crippen molar-refractivity contribution in [2.75, 3.05) is 14.2 Å². The fourth-order valence-corrected chi connectivity index (χ4v) is 3.15. The summed E-state index contributed by atoms with van der Waals surface area (Å²) in [6, 6.07) is 11.9. The van der Waals surface area contributed by atoms with E-state index in [0.29, 0.717) is 23.9 Å². The van der Waals surface area contributed by atoms with Crippen LogP contribution in [0.4, 0.5) is 0 Å². The molecule has 22 heavy (non-hydrogen) atoms. The van der Waals surface area contributed by atoms with Crippen LogP contribution in [-0.4, -0.2) is 19.2 Å². The van der Waals surface area contributed by atoms with Crippen molar-refractivity contribution in [1.82, 2.24) is 4.98 Å². The summed E-state index contributed by atoms with van der Waals surface area (Å²) >= 11 is 1.63. The molecule has 0 aliphatic heterocycles. The summed E-state index contributed by atoms with van der Waals surface area (Å²) in [4.78, 5) is 4.57. The zero-order valence-corrected chi connectivity index (χ0v) is 13.6. The molecule has 0 radical (unpaired) electrons. The number of fused-ring (bicyclic) bond motifs is 1. The molecule has 0 unspecified atom stereocenters. The monoisotopic (exact) mass is 315 g/mol. The van der Waals surface area contributed by atoms with Gasteiger partial charge in [-0.05, 0) is 36.8 Å². The lowest BCUT2D eigenvalue weighted by atomic mass is 10.2. The molecule has 5 heteroatoms. The van der Waals surface area contributed by atoms with Gasteiger partial charge in [0.1, 0.15) is 11.6 Å². The van der Waals surface area contributed by atoms with Gasteiger partial charge in [0.2, 0.25) is 5.75 Å². The van der Waals surface area contributed by atoms with Crippen LogP contribution in [0.15, 0.2) is 36.4 Å². The molecular weight excluding hydrogens is 298 g/mol. The van der Waals surface area contributed by atoms with Crippen molar-refractivity contribution in [2.45, 2.75) is 13.5 Å². The summed E-state index contributed by atoms with van der Waals surface area (Å²) in [7, 11) is 3.25. The van der Waals surface area contributed by atoms with Gasteiger partial charge in [-0.25, -0.2) is 4.98 Å². The van der Waals surface area contributed by atoms with Crippen LogP contribution < -0.4 is 14.2 Å². The van der Waals surface area contributed by atoms with Gasteiger partial charge in [-0.3, -0.25) is 0 Å². The third kappa shape index (κ3) is 2.85. The summed E-state index contributed by atoms with van der Waals surface area (Å²) < 4.78 is 17.9. The highest BCUT2D eigenvalue weighted by atomic mass is 32.1. The van der Waals surface area contributed by atoms with Crippen LogP contribution in [0, 0.1) is 6.92 Å². The van der Waals surface area contributed by atoms with E-state index in [1.807, 2.05) is 37.3 Å². The molecule has 0 spiro atoms. The first-order valence-electron chi connectivity index (χ1n) is 6.91. The number of hydrogen-bond acceptors (Lipinski definition) is 5. The van der Waals surface area contributed by atoms with Crippen molar-refractivity contribution < 1.29 is 14.2 Å². The van der Waals surface area contributed by atoms with Crippen molar-refractivity contribution in [3.63, 3.8) is 0 Å². The normalized spacial score (nSPS) is 10.7. The van der Waals surface area contributed by atoms with Gasteiger partial charge < -0.3 is 14.2 Å². The van der Waals surface area contributed by atoms with Gasteiger partial charge in [0, 0.05) is 0 Å². The number of aromatic nitrogens is 1. The van der Waals surface area contributed by atoms with Gasteiger partial charge in [-0.2, -0.15) is 0 Å². The van der Waals surface area contributed by atoms with Gasteiger partial charge in [-0.1, -0.05) is 12.1 Å². The summed E-state index contributed by atoms with van der Waals surface area (Å²) in [5.41, 5.74) is 2.05. The van der Waals surface area contributed by atoms with E-state index in [1.165, 1.54) is 0 Å². The average molecular weight is 315 g/mol. The first-order valence-corrected chi connectivity index (χ1v) is 7.73. The van der Waals surface area contributed by atoms with Gasteiger partial charge in [0.05, 0.1) is 24.4 Å². The van der Waals surface area contributed by atoms with Crippen molar-refractivity contribution in [1.29, 1.82) is 0 Å². The zero-order valence-electron chi connectivity index (χ0n) is 12.8. The van der Waals surface area contributed by atoms with E-state index in [-0.39, 0.29) is 0 Å². The minimum absolute atomic E-state index is 0.384. The van der Waals surface area contributed by atoms with Gasteiger partial charge in [0.25, 0.3) is 0 Å². The van der Waals surface area contributed by atoms with Crippen LogP contribution >= 0.6 is 11.3 Å². The largest absolute Gasteiger partial charge is 0.493 e. The molecule has 4 nitrogen and oxygen atoms in total. The Labute approximate surface area is 133 Å². The van der Waals surface area contributed by atoms with Crippen LogP contribution in [0.2, 0.25) is 0 Å². The molecule has 0 N–H and O–H groups in total. The van der Waals surface area contributed by atoms with E-state index >= 15 is 0 Å². The number of rotatable bonds is 5. The zero-order chi connectivity index (χ0) is 15.5. The Kier molecular flexibility index (Phi) is 4.15. The Morgan fingerprint density at radius 3 is 2.36 bits per heavy atom. The lowest BCUT2D eigenvalue weighted by Crippen LogP contribution is -2.00. The average Bonchev–Trinajstić information content (AvgIpc) is 2.95. The molecule has 3 aromatic rings. The second kappa shape index (κ2) is 6.23. The molecule has 0 atom stereocenters. The van der Waals surface area contributed by atoms with E-state index in [1.54, 1.807) is 25.6 Å². The van der Waals surface area contributed by atoms with Gasteiger partial charge in [0.15, 0.2) is 11.5 Å². The topological polar surface area (TPSA) is 40.6 Å². The van der Waals surface area contributed by atoms with Crippen molar-refractivity contribution >= 4 is 21.6 Å². The molecular formula is C17H17NO3S. The second-order valence-corrected chi connectivity index (χ2v) is 5.98. The predicted octanol–water partition coefficient (Wildman–Crippen LogP) is 4.20. The van der Waals surface area contributed by atoms with E-state index in [2.05, 4.69) is 11.1 Å². The van der Waals surface area contributed by atoms with Crippen molar-refractivity contribution in [3.8, 4) is 17.2 Å². The lowest BCUT2D eigenvalue weighted by molar-refractivity contribution is 0.265. The van der Waals surface area contributed by atoms with Crippen LogP contribution in [0.25, 0.3) is 10.2 Å². The maximum absolute atomic E-state index is 5.92. The van der Waals surface area contributed by atoms with Crippen molar-refractivity contribution in [3.05, 3.63) is 47.0 Å². The number of benzene rings is 2. The Hall–Kier alpha value is -2.27. The number of aryl methyl sites for hydroxylation is 1. The molecule has 1 heterocycles. The molecule has 0 saturated carbocycles. The smallest absolute Gasteiger partial charge is 0.203 e. The third-order valence-electron chi connectivity index (χ3n) is 3.28. The first kappa shape index (κ1) is 14.7. The Morgan fingerprint density at radius 1 is 1.05 bits per heavy atom. The molecule has 3 rings (SSSR count). The van der Waals surface area contributed by atoms with Crippen LogP contribution in [0.1, 0.15) is 10.6 Å². The van der Waals surface area contributed by atoms with E-state index in [4.69, 9.17) is 14.2 Å². The third-order valence-corrected chi connectivity index (χ3v) is 4.29. The van der Waals surface area contributed by atoms with E-state index in [0.717, 1.165) is 20.8 Å². The standard InChI is InChI=1S/C17H17NO3S/c1-11-8-13(19-2)17(14(9-11)20-3)21-10-16-18-12-6-4-5-7-15(12)22-16/h4-9H,10H2,1-3H3. The Bertz CT molecular complexity index is 739. The number of thiazole rings is 1. The number of ether oxygens (including phenoxy) is 3. The number of hydrogen-bond donors (Lipinski definition) is 0. The second-order valence-electron chi connectivity index (χ2n) is 4.86. The minimum Gasteiger partial charge on any atom is -0.493 e. The predicted molar refractivity (Wildman–Crippen MR) is 88.2 cm³/mol. The molecule has 0 saturated heterocycles. The van der Waals surface area contributed by atoms with Crippen LogP contribution in [0.3, 0.4) is 0 Å². The van der Waals surface area contributed by atoms with Gasteiger partial charge >= 0.3 is 0 Å². The number of methoxy groups -OCH3 is 2. The highest BCUT2D eigenvalue weighted by Gasteiger charge is 2.14. The highest BCUT2D eigenvalue weighted by Crippen LogP contribution is 2.39. The van der Waals surface area contributed by atoms with Crippen LogP contribution in [-0.2, 0) is 6.61 Å². The lowest BCUT2D eigenvalue weighted by Gasteiger charge is -2.14. The molecule has 2 aromatic carbocycles. The van der Waals surface area contributed by atoms with E-state index in [9.17, 15) is 0 Å². The Balaban J connectivity index is 1.86. The summed E-state index contributed by atoms with van der Waals surface area (Å²) in [6.07, 6.45) is 0. The van der Waals surface area contributed by atoms with Crippen LogP contribution in [0.5, 0.6) is 17.2 Å². The summed E-state index contributed by atoms with van der Waals surface area (Å²) in [6.45, 7) is 2.37. The fraction of sp³-hybridized carbons (Fsp3) is 0.235. The molecule has 0 amide bonds. The van der Waals surface area contributed by atoms with E-state index < -0.39 is 0 Å². The summed E-state index contributed by atoms with van der Waals surface area (Å²) in [5.74, 6) is 1.94. The Morgan fingerprint density at radius 2 is 1.73 bits per heavy atom. The maximum Gasteiger partial charge on any atom is 0.203 e. The SMILES string of the molecule is COc1cc(C)cc(OC)c1OCc1nc2ccccc2s1. The molecule has 0 aliphatic carbocycles. The molecule has 0 fully saturated rings. The fourth-order valence-electron chi connectivity index (χ4n) is 2.27. The maximum atomic E-state index is 5.92. The highest BCUT2D eigenvalue weighted by molar-refractivity contribution is 7.18. The molecule has 1 aromatic heterocycles. The number of para-hydroxylation sites is 1. The molecule has 114 valence electrons. The minimum atomic E-state index is 0.384. The number of nitrogens with zero attached hydrogens (tertiary/aromatic N) is 1.